The van der Waals surface area contributed by atoms with E-state index in [0.717, 1.165) is 37.8 Å². The van der Waals surface area contributed by atoms with Crippen LogP contribution in [0.5, 0.6) is 0 Å². The Morgan fingerprint density at radius 3 is 2.70 bits per heavy atom. The maximum absolute atomic E-state index is 12.1. The largest absolute Gasteiger partial charge is 0.323 e. The summed E-state index contributed by atoms with van der Waals surface area (Å²) in [6.45, 7) is 8.78. The summed E-state index contributed by atoms with van der Waals surface area (Å²) in [5, 5.41) is 4.77. The third-order valence-corrected chi connectivity index (χ3v) is 4.98. The van der Waals surface area contributed by atoms with E-state index in [0.29, 0.717) is 22.5 Å². The Hall–Kier alpha value is -1.20. The number of aldehydes is 1. The van der Waals surface area contributed by atoms with Gasteiger partial charge in [0, 0.05) is 0 Å². The van der Waals surface area contributed by atoms with Gasteiger partial charge in [0.1, 0.15) is 0 Å². The summed E-state index contributed by atoms with van der Waals surface area (Å²) >= 11 is 1.37. The Balaban J connectivity index is 1.90. The van der Waals surface area contributed by atoms with Gasteiger partial charge in [0.2, 0.25) is 5.91 Å². The standard InChI is InChI=1S/C15H22N2O2S/c1-11-10-20-12(9-18)14(11)16-13(19)8-17-6-4-15(2,3)5-7-17/h9-10H,4-8H2,1-3H3,(H,16,19). The molecule has 2 rings (SSSR count). The van der Waals surface area contributed by atoms with Crippen LogP contribution >= 0.6 is 11.3 Å². The van der Waals surface area contributed by atoms with Crippen LogP contribution in [0.4, 0.5) is 5.69 Å². The average molecular weight is 294 g/mol. The molecule has 0 radical (unpaired) electrons. The van der Waals surface area contributed by atoms with E-state index < -0.39 is 0 Å². The molecule has 0 atom stereocenters. The molecule has 2 heterocycles. The van der Waals surface area contributed by atoms with Gasteiger partial charge in [-0.3, -0.25) is 14.5 Å². The lowest BCUT2D eigenvalue weighted by molar-refractivity contribution is -0.117. The number of amides is 1. The lowest BCUT2D eigenvalue weighted by Crippen LogP contribution is -2.41. The Morgan fingerprint density at radius 1 is 1.45 bits per heavy atom. The Labute approximate surface area is 124 Å². The molecule has 4 nitrogen and oxygen atoms in total. The number of rotatable bonds is 4. The van der Waals surface area contributed by atoms with Crippen LogP contribution in [0.1, 0.15) is 41.9 Å². The Morgan fingerprint density at radius 2 is 2.10 bits per heavy atom. The number of hydrogen-bond acceptors (Lipinski definition) is 4. The number of aryl methyl sites for hydroxylation is 1. The maximum atomic E-state index is 12.1. The average Bonchev–Trinajstić information content (AvgIpc) is 2.73. The molecule has 0 aromatic carbocycles. The van der Waals surface area contributed by atoms with E-state index in [1.165, 1.54) is 11.3 Å². The summed E-state index contributed by atoms with van der Waals surface area (Å²) in [5.74, 6) is -0.0330. The first kappa shape index (κ1) is 15.2. The second kappa shape index (κ2) is 6.06. The summed E-state index contributed by atoms with van der Waals surface area (Å²) in [5.41, 5.74) is 2.01. The van der Waals surface area contributed by atoms with Gasteiger partial charge in [-0.05, 0) is 49.2 Å². The van der Waals surface area contributed by atoms with E-state index in [2.05, 4.69) is 24.1 Å². The smallest absolute Gasteiger partial charge is 0.238 e. The highest BCUT2D eigenvalue weighted by Gasteiger charge is 2.26. The molecule has 0 spiro atoms. The van der Waals surface area contributed by atoms with Gasteiger partial charge in [-0.1, -0.05) is 13.8 Å². The van der Waals surface area contributed by atoms with Crippen molar-refractivity contribution in [3.05, 3.63) is 15.8 Å². The van der Waals surface area contributed by atoms with E-state index in [1.54, 1.807) is 0 Å². The number of carbonyl (C=O) groups is 2. The van der Waals surface area contributed by atoms with E-state index in [1.807, 2.05) is 12.3 Å². The molecule has 20 heavy (non-hydrogen) atoms. The van der Waals surface area contributed by atoms with Gasteiger partial charge >= 0.3 is 0 Å². The third kappa shape index (κ3) is 3.67. The summed E-state index contributed by atoms with van der Waals surface area (Å²) < 4.78 is 0. The molecule has 1 aromatic rings. The van der Waals surface area contributed by atoms with Crippen LogP contribution in [-0.4, -0.2) is 36.7 Å². The maximum Gasteiger partial charge on any atom is 0.238 e. The lowest BCUT2D eigenvalue weighted by atomic mass is 9.83. The topological polar surface area (TPSA) is 49.4 Å². The molecule has 1 saturated heterocycles. The van der Waals surface area contributed by atoms with E-state index in [-0.39, 0.29) is 5.91 Å². The van der Waals surface area contributed by atoms with Gasteiger partial charge in [-0.15, -0.1) is 11.3 Å². The van der Waals surface area contributed by atoms with E-state index in [4.69, 9.17) is 0 Å². The van der Waals surface area contributed by atoms with Crippen LogP contribution in [0.3, 0.4) is 0 Å². The predicted octanol–water partition coefficient (Wildman–Crippen LogP) is 2.93. The summed E-state index contributed by atoms with van der Waals surface area (Å²) in [6.07, 6.45) is 3.05. The van der Waals surface area contributed by atoms with Crippen LogP contribution in [0.25, 0.3) is 0 Å². The van der Waals surface area contributed by atoms with Crippen molar-refractivity contribution in [3.8, 4) is 0 Å². The highest BCUT2D eigenvalue weighted by Crippen LogP contribution is 2.30. The van der Waals surface area contributed by atoms with Crippen molar-refractivity contribution in [1.82, 2.24) is 4.90 Å². The van der Waals surface area contributed by atoms with E-state index in [9.17, 15) is 9.59 Å². The summed E-state index contributed by atoms with van der Waals surface area (Å²) in [6, 6.07) is 0. The molecule has 1 amide bonds. The fraction of sp³-hybridized carbons (Fsp3) is 0.600. The van der Waals surface area contributed by atoms with Gasteiger partial charge < -0.3 is 5.32 Å². The van der Waals surface area contributed by atoms with Crippen molar-refractivity contribution in [3.63, 3.8) is 0 Å². The molecule has 1 aliphatic rings. The molecular formula is C15H22N2O2S. The second-order valence-corrected chi connectivity index (χ2v) is 7.18. The zero-order chi connectivity index (χ0) is 14.8. The highest BCUT2D eigenvalue weighted by atomic mass is 32.1. The van der Waals surface area contributed by atoms with E-state index >= 15 is 0 Å². The van der Waals surface area contributed by atoms with Gasteiger partial charge in [0.05, 0.1) is 17.1 Å². The fourth-order valence-electron chi connectivity index (χ4n) is 2.41. The minimum atomic E-state index is -0.0330. The molecule has 0 bridgehead atoms. The van der Waals surface area contributed by atoms with Crippen molar-refractivity contribution >= 4 is 29.2 Å². The number of nitrogens with zero attached hydrogens (tertiary/aromatic N) is 1. The molecule has 5 heteroatoms. The predicted molar refractivity (Wildman–Crippen MR) is 82.5 cm³/mol. The first-order valence-electron chi connectivity index (χ1n) is 6.97. The molecule has 110 valence electrons. The Kier molecular flexibility index (Phi) is 4.60. The van der Waals surface area contributed by atoms with Gasteiger partial charge in [0.15, 0.2) is 6.29 Å². The third-order valence-electron chi connectivity index (χ3n) is 3.95. The molecule has 0 aliphatic carbocycles. The minimum absolute atomic E-state index is 0.0330. The van der Waals surface area contributed by atoms with Gasteiger partial charge in [-0.2, -0.15) is 0 Å². The number of carbonyl (C=O) groups excluding carboxylic acids is 2. The first-order chi connectivity index (χ1) is 9.41. The molecule has 1 N–H and O–H groups in total. The van der Waals surface area contributed by atoms with Crippen molar-refractivity contribution in [2.45, 2.75) is 33.6 Å². The van der Waals surface area contributed by atoms with Crippen molar-refractivity contribution in [1.29, 1.82) is 0 Å². The first-order valence-corrected chi connectivity index (χ1v) is 7.85. The van der Waals surface area contributed by atoms with Crippen LogP contribution in [0, 0.1) is 12.3 Å². The SMILES string of the molecule is Cc1csc(C=O)c1NC(=O)CN1CCC(C)(C)CC1. The number of likely N-dealkylation sites (tertiary alicyclic amines) is 1. The zero-order valence-electron chi connectivity index (χ0n) is 12.4. The molecule has 1 aliphatic heterocycles. The fourth-order valence-corrected chi connectivity index (χ4v) is 3.22. The normalized spacial score (nSPS) is 18.8. The number of piperidine rings is 1. The van der Waals surface area contributed by atoms with Crippen molar-refractivity contribution in [2.24, 2.45) is 5.41 Å². The summed E-state index contributed by atoms with van der Waals surface area (Å²) in [4.78, 5) is 25.8. The molecule has 1 aromatic heterocycles. The van der Waals surface area contributed by atoms with Crippen molar-refractivity contribution < 1.29 is 9.59 Å². The van der Waals surface area contributed by atoms with Crippen molar-refractivity contribution in [2.75, 3.05) is 25.0 Å². The highest BCUT2D eigenvalue weighted by molar-refractivity contribution is 7.12. The monoisotopic (exact) mass is 294 g/mol. The van der Waals surface area contributed by atoms with Gasteiger partial charge in [0.25, 0.3) is 0 Å². The molecular weight excluding hydrogens is 272 g/mol. The second-order valence-electron chi connectivity index (χ2n) is 6.26. The molecule has 0 unspecified atom stereocenters. The quantitative estimate of drug-likeness (QED) is 0.869. The Bertz CT molecular complexity index is 498. The van der Waals surface area contributed by atoms with Crippen LogP contribution < -0.4 is 5.32 Å². The number of thiophene rings is 1. The van der Waals surface area contributed by atoms with Gasteiger partial charge in [-0.25, -0.2) is 0 Å². The number of nitrogens with one attached hydrogen (secondary N) is 1. The molecule has 1 fully saturated rings. The number of anilines is 1. The summed E-state index contributed by atoms with van der Waals surface area (Å²) in [7, 11) is 0. The van der Waals surface area contributed by atoms with Crippen LogP contribution in [-0.2, 0) is 4.79 Å². The minimum Gasteiger partial charge on any atom is -0.323 e. The number of hydrogen-bond donors (Lipinski definition) is 1. The molecule has 0 saturated carbocycles. The van der Waals surface area contributed by atoms with Crippen LogP contribution in [0.15, 0.2) is 5.38 Å². The zero-order valence-corrected chi connectivity index (χ0v) is 13.2. The van der Waals surface area contributed by atoms with Crippen LogP contribution in [0.2, 0.25) is 0 Å². The lowest BCUT2D eigenvalue weighted by Gasteiger charge is -2.36.